The molecule has 0 fully saturated rings. The lowest BCUT2D eigenvalue weighted by Crippen LogP contribution is -2.32. The van der Waals surface area contributed by atoms with Gasteiger partial charge in [0.1, 0.15) is 0 Å². The fourth-order valence-electron chi connectivity index (χ4n) is 3.82. The standard InChI is InChI=1S/C24H24N4O4S/c1-17(19-5-3-2-4-6-19)28(27-30)24(29)26-22-9-11-23(12-10-22)33(31,32)16-18-7-8-20-14-25-15-21(20)13-18/h2-13,17,25H,14-16H2,1H3,(H,26,29). The summed E-state index contributed by atoms with van der Waals surface area (Å²) in [6, 6.07) is 19.4. The Morgan fingerprint density at radius 2 is 1.73 bits per heavy atom. The molecule has 8 nitrogen and oxygen atoms in total. The molecule has 9 heteroatoms. The monoisotopic (exact) mass is 464 g/mol. The van der Waals surface area contributed by atoms with Gasteiger partial charge in [0.2, 0.25) is 0 Å². The SMILES string of the molecule is CC(c1ccccc1)N(N=O)C(=O)Nc1ccc(S(=O)(=O)Cc2ccc3c(c2)CNC3)cc1. The number of hydrogen-bond donors (Lipinski definition) is 2. The molecule has 1 aliphatic rings. The van der Waals surface area contributed by atoms with Gasteiger partial charge >= 0.3 is 6.03 Å². The molecule has 1 aliphatic heterocycles. The topological polar surface area (TPSA) is 108 Å². The van der Waals surface area contributed by atoms with Gasteiger partial charge in [0.15, 0.2) is 9.84 Å². The van der Waals surface area contributed by atoms with Crippen LogP contribution in [0.2, 0.25) is 0 Å². The number of carbonyl (C=O) groups is 1. The van der Waals surface area contributed by atoms with Crippen molar-refractivity contribution in [2.45, 2.75) is 36.7 Å². The fraction of sp³-hybridized carbons (Fsp3) is 0.208. The Balaban J connectivity index is 1.44. The third-order valence-corrected chi connectivity index (χ3v) is 7.37. The Morgan fingerprint density at radius 3 is 2.42 bits per heavy atom. The lowest BCUT2D eigenvalue weighted by molar-refractivity contribution is 0.195. The second-order valence-corrected chi connectivity index (χ2v) is 9.92. The zero-order chi connectivity index (χ0) is 23.4. The summed E-state index contributed by atoms with van der Waals surface area (Å²) < 4.78 is 25.7. The Hall–Kier alpha value is -3.56. The molecular formula is C24H24N4O4S. The van der Waals surface area contributed by atoms with Crippen molar-refractivity contribution in [1.29, 1.82) is 0 Å². The van der Waals surface area contributed by atoms with Crippen molar-refractivity contribution in [3.05, 3.63) is 100.0 Å². The van der Waals surface area contributed by atoms with Crippen molar-refractivity contribution in [1.82, 2.24) is 10.3 Å². The van der Waals surface area contributed by atoms with E-state index in [2.05, 4.69) is 15.9 Å². The van der Waals surface area contributed by atoms with Crippen molar-refractivity contribution < 1.29 is 13.2 Å². The number of benzene rings is 3. The molecule has 2 amide bonds. The third-order valence-electron chi connectivity index (χ3n) is 5.67. The van der Waals surface area contributed by atoms with E-state index in [-0.39, 0.29) is 10.6 Å². The maximum Gasteiger partial charge on any atom is 0.345 e. The number of hydrogen-bond acceptors (Lipinski definition) is 6. The Bertz CT molecular complexity index is 1260. The van der Waals surface area contributed by atoms with Gasteiger partial charge < -0.3 is 10.6 Å². The summed E-state index contributed by atoms with van der Waals surface area (Å²) in [6.07, 6.45) is 0. The first-order valence-corrected chi connectivity index (χ1v) is 12.2. The maximum atomic E-state index is 12.9. The molecule has 0 spiro atoms. The first kappa shape index (κ1) is 22.6. The van der Waals surface area contributed by atoms with Crippen LogP contribution in [0.4, 0.5) is 10.5 Å². The normalized spacial score (nSPS) is 13.7. The van der Waals surface area contributed by atoms with Crippen LogP contribution in [0.15, 0.2) is 83.0 Å². The van der Waals surface area contributed by atoms with E-state index in [1.165, 1.54) is 29.8 Å². The van der Waals surface area contributed by atoms with Gasteiger partial charge in [0.05, 0.1) is 22.0 Å². The van der Waals surface area contributed by atoms with Crippen LogP contribution in [0.3, 0.4) is 0 Å². The summed E-state index contributed by atoms with van der Waals surface area (Å²) in [4.78, 5) is 24.0. The number of nitrogens with one attached hydrogen (secondary N) is 2. The number of carbonyl (C=O) groups excluding carboxylic acids is 1. The number of urea groups is 1. The van der Waals surface area contributed by atoms with E-state index < -0.39 is 21.9 Å². The molecule has 0 saturated carbocycles. The number of anilines is 1. The molecule has 1 atom stereocenters. The highest BCUT2D eigenvalue weighted by Crippen LogP contribution is 2.24. The number of nitrogens with zero attached hydrogens (tertiary/aromatic N) is 2. The molecule has 0 saturated heterocycles. The van der Waals surface area contributed by atoms with Crippen LogP contribution in [-0.4, -0.2) is 19.5 Å². The number of amides is 2. The number of sulfone groups is 1. The van der Waals surface area contributed by atoms with Gasteiger partial charge in [-0.3, -0.25) is 0 Å². The van der Waals surface area contributed by atoms with Crippen LogP contribution in [-0.2, 0) is 28.7 Å². The smallest absolute Gasteiger partial charge is 0.309 e. The molecule has 0 aromatic heterocycles. The van der Waals surface area contributed by atoms with Gasteiger partial charge in [-0.15, -0.1) is 4.91 Å². The summed E-state index contributed by atoms with van der Waals surface area (Å²) >= 11 is 0. The first-order chi connectivity index (χ1) is 15.9. The van der Waals surface area contributed by atoms with Gasteiger partial charge in [-0.05, 0) is 53.4 Å². The lowest BCUT2D eigenvalue weighted by atomic mass is 10.1. The molecule has 1 heterocycles. The van der Waals surface area contributed by atoms with Gasteiger partial charge in [-0.1, -0.05) is 48.5 Å². The molecule has 4 rings (SSSR count). The predicted octanol–water partition coefficient (Wildman–Crippen LogP) is 4.54. The minimum absolute atomic E-state index is 0.108. The van der Waals surface area contributed by atoms with Crippen molar-refractivity contribution in [2.75, 3.05) is 5.32 Å². The highest BCUT2D eigenvalue weighted by molar-refractivity contribution is 7.90. The Labute approximate surface area is 192 Å². The van der Waals surface area contributed by atoms with Crippen molar-refractivity contribution >= 4 is 21.6 Å². The average molecular weight is 465 g/mol. The summed E-state index contributed by atoms with van der Waals surface area (Å²) in [6.45, 7) is 3.24. The van der Waals surface area contributed by atoms with E-state index >= 15 is 0 Å². The molecule has 3 aromatic rings. The van der Waals surface area contributed by atoms with Gasteiger partial charge in [0, 0.05) is 18.8 Å². The van der Waals surface area contributed by atoms with Crippen LogP contribution in [0, 0.1) is 4.91 Å². The van der Waals surface area contributed by atoms with E-state index in [9.17, 15) is 18.1 Å². The molecular weight excluding hydrogens is 440 g/mol. The van der Waals surface area contributed by atoms with E-state index in [4.69, 9.17) is 0 Å². The van der Waals surface area contributed by atoms with Gasteiger partial charge in [-0.2, -0.15) is 5.01 Å². The maximum absolute atomic E-state index is 12.9. The van der Waals surface area contributed by atoms with E-state index in [1.807, 2.05) is 36.4 Å². The summed E-state index contributed by atoms with van der Waals surface area (Å²) in [5, 5.41) is 9.51. The van der Waals surface area contributed by atoms with Crippen LogP contribution in [0.1, 0.15) is 35.2 Å². The molecule has 170 valence electrons. The quantitative estimate of drug-likeness (QED) is 0.394. The van der Waals surface area contributed by atoms with E-state index in [0.29, 0.717) is 5.69 Å². The second kappa shape index (κ2) is 9.51. The lowest BCUT2D eigenvalue weighted by Gasteiger charge is -2.21. The largest absolute Gasteiger partial charge is 0.345 e. The molecule has 3 aromatic carbocycles. The highest BCUT2D eigenvalue weighted by atomic mass is 32.2. The summed E-state index contributed by atoms with van der Waals surface area (Å²) in [5.74, 6) is -0.108. The van der Waals surface area contributed by atoms with Crippen LogP contribution in [0.5, 0.6) is 0 Å². The zero-order valence-corrected chi connectivity index (χ0v) is 18.9. The van der Waals surface area contributed by atoms with Crippen LogP contribution in [0.25, 0.3) is 0 Å². The van der Waals surface area contributed by atoms with Crippen molar-refractivity contribution in [3.63, 3.8) is 0 Å². The van der Waals surface area contributed by atoms with Crippen LogP contribution >= 0.6 is 0 Å². The van der Waals surface area contributed by atoms with Crippen LogP contribution < -0.4 is 10.6 Å². The third kappa shape index (κ3) is 5.10. The molecule has 2 N–H and O–H groups in total. The number of fused-ring (bicyclic) bond motifs is 1. The summed E-state index contributed by atoms with van der Waals surface area (Å²) in [7, 11) is -3.56. The molecule has 0 aliphatic carbocycles. The van der Waals surface area contributed by atoms with E-state index in [0.717, 1.165) is 34.8 Å². The fourth-order valence-corrected chi connectivity index (χ4v) is 5.16. The number of rotatable bonds is 7. The van der Waals surface area contributed by atoms with Crippen molar-refractivity contribution in [2.24, 2.45) is 5.29 Å². The van der Waals surface area contributed by atoms with Crippen molar-refractivity contribution in [3.8, 4) is 0 Å². The highest BCUT2D eigenvalue weighted by Gasteiger charge is 2.23. The Morgan fingerprint density at radius 1 is 1.03 bits per heavy atom. The first-order valence-electron chi connectivity index (χ1n) is 10.5. The molecule has 1 unspecified atom stereocenters. The zero-order valence-electron chi connectivity index (χ0n) is 18.1. The van der Waals surface area contributed by atoms with E-state index in [1.54, 1.807) is 19.1 Å². The Kier molecular flexibility index (Phi) is 6.52. The van der Waals surface area contributed by atoms with Gasteiger partial charge in [-0.25, -0.2) is 13.2 Å². The molecule has 0 radical (unpaired) electrons. The van der Waals surface area contributed by atoms with Gasteiger partial charge in [0.25, 0.3) is 0 Å². The minimum Gasteiger partial charge on any atom is -0.309 e. The second-order valence-electron chi connectivity index (χ2n) is 7.93. The molecule has 33 heavy (non-hydrogen) atoms. The number of nitroso groups, excluding NO2 is 1. The minimum atomic E-state index is -3.56. The predicted molar refractivity (Wildman–Crippen MR) is 126 cm³/mol. The molecule has 0 bridgehead atoms. The summed E-state index contributed by atoms with van der Waals surface area (Å²) in [5.41, 5.74) is 4.17. The average Bonchev–Trinajstić information content (AvgIpc) is 3.28.